The Balaban J connectivity index is 3.06. The van der Waals surface area contributed by atoms with E-state index in [-0.39, 0.29) is 21.6 Å². The molecule has 1 aromatic rings. The third kappa shape index (κ3) is 3.84. The zero-order valence-corrected chi connectivity index (χ0v) is 12.6. The molecule has 0 fully saturated rings. The van der Waals surface area contributed by atoms with E-state index in [1.807, 2.05) is 0 Å². The summed E-state index contributed by atoms with van der Waals surface area (Å²) in [5.74, 6) is -1.10. The van der Waals surface area contributed by atoms with Crippen molar-refractivity contribution in [1.29, 1.82) is 0 Å². The minimum Gasteiger partial charge on any atom is -0.398 e. The zero-order chi connectivity index (χ0) is 14.8. The van der Waals surface area contributed by atoms with Crippen LogP contribution in [0.3, 0.4) is 0 Å². The Bertz CT molecular complexity index is 585. The van der Waals surface area contributed by atoms with Crippen molar-refractivity contribution in [1.82, 2.24) is 4.90 Å². The lowest BCUT2D eigenvalue weighted by Gasteiger charge is -2.21. The number of carbonyl (C=O) groups is 1. The summed E-state index contributed by atoms with van der Waals surface area (Å²) in [5, 5.41) is 0.262. The monoisotopic (exact) mass is 304 g/mol. The molecule has 0 radical (unpaired) electrons. The van der Waals surface area contributed by atoms with Crippen LogP contribution in [0.5, 0.6) is 0 Å². The van der Waals surface area contributed by atoms with Gasteiger partial charge in [0, 0.05) is 18.1 Å². The summed E-state index contributed by atoms with van der Waals surface area (Å²) in [6.07, 6.45) is 0. The van der Waals surface area contributed by atoms with Gasteiger partial charge in [-0.15, -0.1) is 0 Å². The number of hydrogen-bond acceptors (Lipinski definition) is 4. The molecule has 7 heteroatoms. The molecule has 2 N–H and O–H groups in total. The molecule has 0 saturated heterocycles. The summed E-state index contributed by atoms with van der Waals surface area (Å²) < 4.78 is 24.3. The van der Waals surface area contributed by atoms with Crippen LogP contribution in [0.15, 0.2) is 23.1 Å². The number of rotatable bonds is 4. The third-order valence-electron chi connectivity index (χ3n) is 2.79. The lowest BCUT2D eigenvalue weighted by atomic mass is 10.3. The maximum Gasteiger partial charge on any atom is 0.238 e. The second kappa shape index (κ2) is 5.79. The summed E-state index contributed by atoms with van der Waals surface area (Å²) in [5.41, 5.74) is 5.71. The van der Waals surface area contributed by atoms with Crippen LogP contribution < -0.4 is 5.73 Å². The number of sulfone groups is 1. The summed E-state index contributed by atoms with van der Waals surface area (Å²) >= 11 is 5.76. The highest BCUT2D eigenvalue weighted by Crippen LogP contribution is 2.24. The first-order chi connectivity index (χ1) is 8.65. The molecular formula is C12H17ClN2O3S. The molecule has 106 valence electrons. The van der Waals surface area contributed by atoms with E-state index in [1.165, 1.54) is 23.1 Å². The summed E-state index contributed by atoms with van der Waals surface area (Å²) in [6.45, 7) is 3.61. The molecule has 5 nitrogen and oxygen atoms in total. The summed E-state index contributed by atoms with van der Waals surface area (Å²) in [4.78, 5) is 13.1. The number of hydrogen-bond donors (Lipinski definition) is 1. The number of nitrogens with two attached hydrogens (primary N) is 1. The van der Waals surface area contributed by atoms with Gasteiger partial charge < -0.3 is 10.6 Å². The van der Waals surface area contributed by atoms with E-state index >= 15 is 0 Å². The van der Waals surface area contributed by atoms with Gasteiger partial charge in [0.25, 0.3) is 0 Å². The van der Waals surface area contributed by atoms with Crippen molar-refractivity contribution < 1.29 is 13.2 Å². The molecule has 0 bridgehead atoms. The van der Waals surface area contributed by atoms with Crippen LogP contribution in [-0.4, -0.2) is 38.1 Å². The largest absolute Gasteiger partial charge is 0.398 e. The van der Waals surface area contributed by atoms with E-state index in [2.05, 4.69) is 0 Å². The fourth-order valence-electron chi connectivity index (χ4n) is 1.41. The summed E-state index contributed by atoms with van der Waals surface area (Å²) in [6, 6.07) is 4.10. The Hall–Kier alpha value is -1.27. The predicted octanol–water partition coefficient (Wildman–Crippen LogP) is 1.56. The van der Waals surface area contributed by atoms with Crippen LogP contribution >= 0.6 is 11.6 Å². The fraction of sp³-hybridized carbons (Fsp3) is 0.417. The minimum absolute atomic E-state index is 0.0700. The molecule has 0 aliphatic rings. The van der Waals surface area contributed by atoms with E-state index in [1.54, 1.807) is 20.9 Å². The van der Waals surface area contributed by atoms with Crippen LogP contribution in [0.1, 0.15) is 13.8 Å². The first-order valence-electron chi connectivity index (χ1n) is 5.68. The highest BCUT2D eigenvalue weighted by molar-refractivity contribution is 7.92. The number of nitrogens with zero attached hydrogens (tertiary/aromatic N) is 1. The van der Waals surface area contributed by atoms with Gasteiger partial charge in [0.05, 0.1) is 10.6 Å². The maximum atomic E-state index is 12.2. The molecule has 0 aliphatic carbocycles. The number of carbonyl (C=O) groups excluding carboxylic acids is 1. The molecule has 0 aromatic heterocycles. The second-order valence-corrected chi connectivity index (χ2v) is 6.93. The topological polar surface area (TPSA) is 80.5 Å². The van der Waals surface area contributed by atoms with Crippen molar-refractivity contribution in [3.8, 4) is 0 Å². The highest BCUT2D eigenvalue weighted by atomic mass is 35.5. The van der Waals surface area contributed by atoms with Crippen molar-refractivity contribution in [2.24, 2.45) is 0 Å². The van der Waals surface area contributed by atoms with Crippen molar-refractivity contribution in [2.45, 2.75) is 24.8 Å². The first kappa shape index (κ1) is 15.8. The van der Waals surface area contributed by atoms with E-state index in [0.29, 0.717) is 0 Å². The highest BCUT2D eigenvalue weighted by Gasteiger charge is 2.25. The fourth-order valence-corrected chi connectivity index (χ4v) is 3.06. The van der Waals surface area contributed by atoms with Crippen LogP contribution in [0, 0.1) is 0 Å². The molecule has 0 saturated carbocycles. The smallest absolute Gasteiger partial charge is 0.238 e. The number of amides is 1. The van der Waals surface area contributed by atoms with Gasteiger partial charge in [-0.1, -0.05) is 11.6 Å². The van der Waals surface area contributed by atoms with Crippen LogP contribution in [0.4, 0.5) is 5.69 Å². The molecule has 0 spiro atoms. The quantitative estimate of drug-likeness (QED) is 0.856. The SMILES string of the molecule is CC(C)N(C)C(=O)CS(=O)(=O)c1cc(Cl)ccc1N. The molecule has 0 unspecified atom stereocenters. The predicted molar refractivity (Wildman–Crippen MR) is 75.8 cm³/mol. The van der Waals surface area contributed by atoms with E-state index in [9.17, 15) is 13.2 Å². The summed E-state index contributed by atoms with van der Waals surface area (Å²) in [7, 11) is -2.23. The Morgan fingerprint density at radius 1 is 1.42 bits per heavy atom. The first-order valence-corrected chi connectivity index (χ1v) is 7.71. The Morgan fingerprint density at radius 2 is 2.00 bits per heavy atom. The lowest BCUT2D eigenvalue weighted by molar-refractivity contribution is -0.128. The van der Waals surface area contributed by atoms with Crippen LogP contribution in [-0.2, 0) is 14.6 Å². The lowest BCUT2D eigenvalue weighted by Crippen LogP contribution is -2.37. The Morgan fingerprint density at radius 3 is 2.53 bits per heavy atom. The van der Waals surface area contributed by atoms with Gasteiger partial charge in [0.2, 0.25) is 5.91 Å². The molecule has 0 heterocycles. The van der Waals surface area contributed by atoms with Crippen LogP contribution in [0.25, 0.3) is 0 Å². The molecule has 1 aromatic carbocycles. The average molecular weight is 305 g/mol. The normalized spacial score (nSPS) is 11.6. The number of benzene rings is 1. The van der Waals surface area contributed by atoms with E-state index in [4.69, 9.17) is 17.3 Å². The van der Waals surface area contributed by atoms with Gasteiger partial charge in [0.15, 0.2) is 9.84 Å². The minimum atomic E-state index is -3.79. The van der Waals surface area contributed by atoms with Gasteiger partial charge in [0.1, 0.15) is 5.75 Å². The van der Waals surface area contributed by atoms with E-state index in [0.717, 1.165) is 0 Å². The Kier molecular flexibility index (Phi) is 4.81. The molecule has 0 atom stereocenters. The van der Waals surface area contributed by atoms with E-state index < -0.39 is 21.5 Å². The van der Waals surface area contributed by atoms with Gasteiger partial charge in [-0.05, 0) is 32.0 Å². The third-order valence-corrected chi connectivity index (χ3v) is 4.68. The molecular weight excluding hydrogens is 288 g/mol. The maximum absolute atomic E-state index is 12.2. The van der Waals surface area contributed by atoms with Crippen molar-refractivity contribution in [3.05, 3.63) is 23.2 Å². The standard InChI is InChI=1S/C12H17ClN2O3S/c1-8(2)15(3)12(16)7-19(17,18)11-6-9(13)4-5-10(11)14/h4-6,8H,7,14H2,1-3H3. The van der Waals surface area contributed by atoms with Gasteiger partial charge in [-0.3, -0.25) is 4.79 Å². The van der Waals surface area contributed by atoms with Gasteiger partial charge in [-0.25, -0.2) is 8.42 Å². The van der Waals surface area contributed by atoms with Gasteiger partial charge in [-0.2, -0.15) is 0 Å². The molecule has 1 rings (SSSR count). The molecule has 1 amide bonds. The second-order valence-electron chi connectivity index (χ2n) is 4.54. The van der Waals surface area contributed by atoms with Crippen molar-refractivity contribution >= 4 is 33.0 Å². The number of nitrogen functional groups attached to an aromatic ring is 1. The Labute approximate surface area is 118 Å². The van der Waals surface area contributed by atoms with Crippen molar-refractivity contribution in [2.75, 3.05) is 18.5 Å². The number of anilines is 1. The average Bonchev–Trinajstić information content (AvgIpc) is 2.30. The van der Waals surface area contributed by atoms with Crippen molar-refractivity contribution in [3.63, 3.8) is 0 Å². The van der Waals surface area contributed by atoms with Gasteiger partial charge >= 0.3 is 0 Å². The van der Waals surface area contributed by atoms with Crippen LogP contribution in [0.2, 0.25) is 5.02 Å². The molecule has 0 aliphatic heterocycles. The number of halogens is 1. The molecule has 19 heavy (non-hydrogen) atoms. The zero-order valence-electron chi connectivity index (χ0n) is 11.1.